The van der Waals surface area contributed by atoms with Crippen LogP contribution in [0.1, 0.15) is 6.23 Å². The van der Waals surface area contributed by atoms with Gasteiger partial charge in [0.15, 0.2) is 6.23 Å². The molecule has 2 heterocycles. The number of nitrogens with one attached hydrogen (secondary N) is 1. The highest BCUT2D eigenvalue weighted by molar-refractivity contribution is 5.12. The molecule has 9 nitrogen and oxygen atoms in total. The third-order valence-electron chi connectivity index (χ3n) is 2.71. The Morgan fingerprint density at radius 1 is 1.63 bits per heavy atom. The average molecular weight is 265 g/mol. The molecule has 0 aromatic carbocycles. The molecule has 0 radical (unpaired) electrons. The fourth-order valence-corrected chi connectivity index (χ4v) is 1.74. The monoisotopic (exact) mass is 265 g/mol. The first-order valence-corrected chi connectivity index (χ1v) is 5.40. The van der Waals surface area contributed by atoms with Crippen LogP contribution in [0.4, 0.5) is 0 Å². The lowest BCUT2D eigenvalue weighted by Gasteiger charge is -2.25. The lowest BCUT2D eigenvalue weighted by atomic mass is 10.1. The largest absolute Gasteiger partial charge is 0.393 e. The van der Waals surface area contributed by atoms with Crippen LogP contribution in [0.5, 0.6) is 0 Å². The molecule has 0 unspecified atom stereocenters. The smallest absolute Gasteiger partial charge is 0.330 e. The van der Waals surface area contributed by atoms with E-state index in [2.05, 4.69) is 15.0 Å². The predicted molar refractivity (Wildman–Crippen MR) is 64.4 cm³/mol. The minimum absolute atomic E-state index is 0.0922. The highest BCUT2D eigenvalue weighted by atomic mass is 16.5. The van der Waals surface area contributed by atoms with Gasteiger partial charge in [-0.3, -0.25) is 14.3 Å². The van der Waals surface area contributed by atoms with Gasteiger partial charge in [-0.2, -0.15) is 0 Å². The van der Waals surface area contributed by atoms with Crippen molar-refractivity contribution in [1.82, 2.24) is 9.55 Å². The molecule has 2 rings (SSSR count). The van der Waals surface area contributed by atoms with E-state index in [4.69, 9.17) is 10.3 Å². The van der Waals surface area contributed by atoms with Crippen molar-refractivity contribution >= 4 is 0 Å². The molecule has 0 saturated carbocycles. The first-order valence-electron chi connectivity index (χ1n) is 5.40. The molecule has 19 heavy (non-hydrogen) atoms. The highest BCUT2D eigenvalue weighted by Crippen LogP contribution is 2.28. The Kier molecular flexibility index (Phi) is 3.52. The maximum Gasteiger partial charge on any atom is 0.330 e. The fourth-order valence-electron chi connectivity index (χ4n) is 1.74. The van der Waals surface area contributed by atoms with Gasteiger partial charge in [0.05, 0.1) is 13.2 Å². The first-order chi connectivity index (χ1) is 9.10. The van der Waals surface area contributed by atoms with Gasteiger partial charge in [-0.15, -0.1) is 0 Å². The Morgan fingerprint density at radius 3 is 3.05 bits per heavy atom. The predicted octanol–water partition coefficient (Wildman–Crippen LogP) is -0.337. The zero-order chi connectivity index (χ0) is 13.9. The summed E-state index contributed by atoms with van der Waals surface area (Å²) in [5.41, 5.74) is 6.02. The third-order valence-corrected chi connectivity index (χ3v) is 2.71. The summed E-state index contributed by atoms with van der Waals surface area (Å²) in [6.07, 6.45) is 3.59. The molecule has 0 bridgehead atoms. The molecular weight excluding hydrogens is 254 g/mol. The van der Waals surface area contributed by atoms with Gasteiger partial charge in [-0.1, -0.05) is 5.11 Å². The minimum Gasteiger partial charge on any atom is -0.393 e. The number of hydrogen-bond donors (Lipinski definition) is 2. The van der Waals surface area contributed by atoms with Gasteiger partial charge < -0.3 is 9.84 Å². The van der Waals surface area contributed by atoms with Gasteiger partial charge in [0.25, 0.3) is 5.56 Å². The molecule has 0 aliphatic carbocycles. The van der Waals surface area contributed by atoms with E-state index in [1.165, 1.54) is 18.3 Å². The maximum atomic E-state index is 11.6. The SMILES string of the molecule is [N-]=[N+]=NC[C@]1(CO)C=C[C@@H](n2ccc(=O)[nH]c2=O)O1. The molecule has 1 aliphatic rings. The van der Waals surface area contributed by atoms with Crippen LogP contribution in [0.3, 0.4) is 0 Å². The number of aromatic amines is 1. The Balaban J connectivity index is 2.27. The van der Waals surface area contributed by atoms with Crippen LogP contribution in [0, 0.1) is 0 Å². The molecule has 0 saturated heterocycles. The van der Waals surface area contributed by atoms with Crippen molar-refractivity contribution in [2.45, 2.75) is 11.8 Å². The van der Waals surface area contributed by atoms with Crippen LogP contribution < -0.4 is 11.2 Å². The Labute approximate surface area is 106 Å². The Hall–Kier alpha value is -2.35. The van der Waals surface area contributed by atoms with Gasteiger partial charge in [-0.05, 0) is 17.7 Å². The summed E-state index contributed by atoms with van der Waals surface area (Å²) < 4.78 is 6.68. The lowest BCUT2D eigenvalue weighted by molar-refractivity contribution is -0.0782. The molecule has 9 heteroatoms. The number of aliphatic hydroxyl groups is 1. The van der Waals surface area contributed by atoms with E-state index in [0.717, 1.165) is 4.57 Å². The number of nitrogens with zero attached hydrogens (tertiary/aromatic N) is 4. The lowest BCUT2D eigenvalue weighted by Crippen LogP contribution is -2.38. The Morgan fingerprint density at radius 2 is 2.42 bits per heavy atom. The van der Waals surface area contributed by atoms with E-state index in [1.807, 2.05) is 0 Å². The van der Waals surface area contributed by atoms with Crippen molar-refractivity contribution in [3.8, 4) is 0 Å². The number of aliphatic hydroxyl groups excluding tert-OH is 1. The molecule has 0 spiro atoms. The van der Waals surface area contributed by atoms with Crippen LogP contribution in [0.2, 0.25) is 0 Å². The van der Waals surface area contributed by atoms with Crippen molar-refractivity contribution in [2.24, 2.45) is 5.11 Å². The second-order valence-electron chi connectivity index (χ2n) is 4.00. The molecule has 1 aromatic heterocycles. The normalized spacial score (nSPS) is 25.2. The van der Waals surface area contributed by atoms with Gasteiger partial charge in [0.2, 0.25) is 0 Å². The second-order valence-corrected chi connectivity index (χ2v) is 4.00. The van der Waals surface area contributed by atoms with E-state index >= 15 is 0 Å². The number of aromatic nitrogens is 2. The van der Waals surface area contributed by atoms with Crippen LogP contribution in [0.15, 0.2) is 39.1 Å². The molecule has 1 aliphatic heterocycles. The maximum absolute atomic E-state index is 11.6. The van der Waals surface area contributed by atoms with E-state index < -0.39 is 29.7 Å². The zero-order valence-corrected chi connectivity index (χ0v) is 9.76. The molecule has 1 aromatic rings. The number of H-pyrrole nitrogens is 1. The van der Waals surface area contributed by atoms with Crippen LogP contribution >= 0.6 is 0 Å². The van der Waals surface area contributed by atoms with Crippen molar-refractivity contribution in [1.29, 1.82) is 0 Å². The summed E-state index contributed by atoms with van der Waals surface area (Å²) in [7, 11) is 0. The third kappa shape index (κ3) is 2.58. The van der Waals surface area contributed by atoms with Gasteiger partial charge in [0.1, 0.15) is 5.60 Å². The summed E-state index contributed by atoms with van der Waals surface area (Å²) in [4.78, 5) is 27.2. The first kappa shape index (κ1) is 13.1. The highest BCUT2D eigenvalue weighted by Gasteiger charge is 2.35. The zero-order valence-electron chi connectivity index (χ0n) is 9.76. The van der Waals surface area contributed by atoms with Crippen molar-refractivity contribution < 1.29 is 9.84 Å². The molecule has 0 fully saturated rings. The van der Waals surface area contributed by atoms with Crippen molar-refractivity contribution in [3.05, 3.63) is 55.7 Å². The van der Waals surface area contributed by atoms with E-state index in [-0.39, 0.29) is 6.54 Å². The number of azide groups is 1. The Bertz CT molecular complexity index is 656. The molecule has 0 amide bonds. The molecule has 2 N–H and O–H groups in total. The minimum atomic E-state index is -1.15. The van der Waals surface area contributed by atoms with Crippen LogP contribution in [-0.2, 0) is 4.74 Å². The second kappa shape index (κ2) is 5.11. The molecule has 100 valence electrons. The van der Waals surface area contributed by atoms with Gasteiger partial charge in [0, 0.05) is 17.2 Å². The van der Waals surface area contributed by atoms with Crippen LogP contribution in [0.25, 0.3) is 10.4 Å². The summed E-state index contributed by atoms with van der Waals surface area (Å²) in [5, 5.41) is 12.7. The summed E-state index contributed by atoms with van der Waals surface area (Å²) in [6, 6.07) is 1.19. The summed E-state index contributed by atoms with van der Waals surface area (Å²) in [5.74, 6) is 0. The van der Waals surface area contributed by atoms with E-state index in [1.54, 1.807) is 6.08 Å². The molecule has 2 atom stereocenters. The van der Waals surface area contributed by atoms with Crippen molar-refractivity contribution in [2.75, 3.05) is 13.2 Å². The van der Waals surface area contributed by atoms with Crippen molar-refractivity contribution in [3.63, 3.8) is 0 Å². The van der Waals surface area contributed by atoms with E-state index in [9.17, 15) is 14.7 Å². The van der Waals surface area contributed by atoms with Gasteiger partial charge >= 0.3 is 5.69 Å². The summed E-state index contributed by atoms with van der Waals surface area (Å²) in [6.45, 7) is -0.484. The standard InChI is InChI=1S/C10H11N5O4/c11-14-12-5-10(6-16)3-1-8(19-10)15-4-2-7(17)13-9(15)18/h1-4,8,16H,5-6H2,(H,13,17,18)/t8-,10-/m0/s1. The van der Waals surface area contributed by atoms with Gasteiger partial charge in [-0.25, -0.2) is 4.79 Å². The topological polar surface area (TPSA) is 133 Å². The average Bonchev–Trinajstić information content (AvgIpc) is 2.81. The summed E-state index contributed by atoms with van der Waals surface area (Å²) >= 11 is 0. The van der Waals surface area contributed by atoms with Crippen LogP contribution in [-0.4, -0.2) is 33.4 Å². The number of rotatable bonds is 4. The number of hydrogen-bond acceptors (Lipinski definition) is 5. The number of ether oxygens (including phenoxy) is 1. The fraction of sp³-hybridized carbons (Fsp3) is 0.400. The quantitative estimate of drug-likeness (QED) is 0.333. The molecular formula is C10H11N5O4. The van der Waals surface area contributed by atoms with E-state index in [0.29, 0.717) is 0 Å².